The summed E-state index contributed by atoms with van der Waals surface area (Å²) in [5.74, 6) is 1.05. The minimum Gasteiger partial charge on any atom is -0.397 e. The predicted molar refractivity (Wildman–Crippen MR) is 64.0 cm³/mol. The van der Waals surface area contributed by atoms with E-state index in [1.165, 1.54) is 25.7 Å². The van der Waals surface area contributed by atoms with E-state index in [4.69, 9.17) is 5.73 Å². The van der Waals surface area contributed by atoms with Crippen molar-refractivity contribution in [3.8, 4) is 0 Å². The maximum atomic E-state index is 5.76. The van der Waals surface area contributed by atoms with E-state index >= 15 is 0 Å². The van der Waals surface area contributed by atoms with Crippen LogP contribution in [0.25, 0.3) is 0 Å². The van der Waals surface area contributed by atoms with Crippen molar-refractivity contribution in [2.75, 3.05) is 17.7 Å². The predicted octanol–water partition coefficient (Wildman–Crippen LogP) is 2.35. The van der Waals surface area contributed by atoms with Gasteiger partial charge < -0.3 is 10.6 Å². The molecule has 1 aromatic rings. The van der Waals surface area contributed by atoms with Gasteiger partial charge in [0.15, 0.2) is 0 Å². The molecule has 0 saturated heterocycles. The van der Waals surface area contributed by atoms with Gasteiger partial charge in [0.25, 0.3) is 0 Å². The topological polar surface area (TPSA) is 42.2 Å². The Bertz CT molecular complexity index is 343. The second-order valence-electron chi connectivity index (χ2n) is 4.39. The summed E-state index contributed by atoms with van der Waals surface area (Å²) in [7, 11) is 2.13. The quantitative estimate of drug-likeness (QED) is 0.806. The van der Waals surface area contributed by atoms with E-state index in [0.29, 0.717) is 6.04 Å². The Morgan fingerprint density at radius 3 is 2.60 bits per heavy atom. The molecule has 2 rings (SSSR count). The largest absolute Gasteiger partial charge is 0.397 e. The summed E-state index contributed by atoms with van der Waals surface area (Å²) in [5.41, 5.74) is 7.47. The first-order valence-corrected chi connectivity index (χ1v) is 5.64. The maximum Gasteiger partial charge on any atom is 0.128 e. The van der Waals surface area contributed by atoms with Gasteiger partial charge in [0, 0.05) is 13.1 Å². The lowest BCUT2D eigenvalue weighted by Crippen LogP contribution is -2.29. The van der Waals surface area contributed by atoms with Crippen LogP contribution in [0.3, 0.4) is 0 Å². The third-order valence-corrected chi connectivity index (χ3v) is 3.35. The normalized spacial score (nSPS) is 16.9. The first-order chi connectivity index (χ1) is 7.18. The van der Waals surface area contributed by atoms with E-state index in [1.54, 1.807) is 0 Å². The fourth-order valence-corrected chi connectivity index (χ4v) is 2.23. The summed E-state index contributed by atoms with van der Waals surface area (Å²) in [6.07, 6.45) is 5.29. The number of pyridine rings is 1. The Kier molecular flexibility index (Phi) is 2.80. The zero-order valence-corrected chi connectivity index (χ0v) is 9.53. The van der Waals surface area contributed by atoms with Gasteiger partial charge in [0.05, 0.1) is 11.4 Å². The van der Waals surface area contributed by atoms with Crippen molar-refractivity contribution in [1.82, 2.24) is 4.98 Å². The van der Waals surface area contributed by atoms with Crippen molar-refractivity contribution in [2.24, 2.45) is 0 Å². The molecule has 0 amide bonds. The van der Waals surface area contributed by atoms with Crippen molar-refractivity contribution in [2.45, 2.75) is 38.6 Å². The molecule has 0 aliphatic heterocycles. The molecule has 0 atom stereocenters. The molecule has 2 N–H and O–H groups in total. The van der Waals surface area contributed by atoms with Gasteiger partial charge in [-0.25, -0.2) is 4.98 Å². The number of anilines is 2. The van der Waals surface area contributed by atoms with Gasteiger partial charge in [0.1, 0.15) is 5.82 Å². The smallest absolute Gasteiger partial charge is 0.128 e. The minimum absolute atomic E-state index is 0.667. The van der Waals surface area contributed by atoms with Crippen LogP contribution in [0.2, 0.25) is 0 Å². The highest BCUT2D eigenvalue weighted by Gasteiger charge is 2.20. The lowest BCUT2D eigenvalue weighted by atomic mass is 10.2. The number of hydrogen-bond acceptors (Lipinski definition) is 3. The number of nitrogens with two attached hydrogens (primary N) is 1. The standard InChI is InChI=1S/C12H19N3/c1-9-11(13)7-8-12(14-9)15(2)10-5-3-4-6-10/h7-8,10H,3-6,13H2,1-2H3. The number of rotatable bonds is 2. The van der Waals surface area contributed by atoms with Crippen molar-refractivity contribution >= 4 is 11.5 Å². The highest BCUT2D eigenvalue weighted by Crippen LogP contribution is 2.26. The van der Waals surface area contributed by atoms with Crippen LogP contribution in [0.15, 0.2) is 12.1 Å². The molecule has 1 aromatic heterocycles. The molecule has 0 spiro atoms. The van der Waals surface area contributed by atoms with E-state index in [0.717, 1.165) is 17.2 Å². The van der Waals surface area contributed by atoms with Crippen molar-refractivity contribution in [3.05, 3.63) is 17.8 Å². The number of hydrogen-bond donors (Lipinski definition) is 1. The van der Waals surface area contributed by atoms with Gasteiger partial charge in [0.2, 0.25) is 0 Å². The van der Waals surface area contributed by atoms with Gasteiger partial charge in [-0.15, -0.1) is 0 Å². The average molecular weight is 205 g/mol. The summed E-state index contributed by atoms with van der Waals surface area (Å²) in [4.78, 5) is 6.81. The highest BCUT2D eigenvalue weighted by molar-refractivity contribution is 5.50. The Balaban J connectivity index is 2.17. The molecule has 3 heteroatoms. The second-order valence-corrected chi connectivity index (χ2v) is 4.39. The van der Waals surface area contributed by atoms with Crippen LogP contribution >= 0.6 is 0 Å². The molecule has 1 aliphatic rings. The van der Waals surface area contributed by atoms with Crippen LogP contribution in [0, 0.1) is 6.92 Å². The molecule has 1 heterocycles. The summed E-state index contributed by atoms with van der Waals surface area (Å²) >= 11 is 0. The molecule has 1 aliphatic carbocycles. The van der Waals surface area contributed by atoms with Gasteiger partial charge in [-0.05, 0) is 31.9 Å². The fraction of sp³-hybridized carbons (Fsp3) is 0.583. The van der Waals surface area contributed by atoms with Crippen LogP contribution in [0.4, 0.5) is 11.5 Å². The van der Waals surface area contributed by atoms with E-state index in [2.05, 4.69) is 16.9 Å². The number of nitrogens with zero attached hydrogens (tertiary/aromatic N) is 2. The minimum atomic E-state index is 0.667. The van der Waals surface area contributed by atoms with Crippen LogP contribution in [0.5, 0.6) is 0 Å². The molecule has 0 aromatic carbocycles. The zero-order chi connectivity index (χ0) is 10.8. The number of aromatic nitrogens is 1. The lowest BCUT2D eigenvalue weighted by molar-refractivity contribution is 0.646. The molecular formula is C12H19N3. The second kappa shape index (κ2) is 4.09. The first-order valence-electron chi connectivity index (χ1n) is 5.64. The van der Waals surface area contributed by atoms with Gasteiger partial charge in [-0.1, -0.05) is 12.8 Å². The maximum absolute atomic E-state index is 5.76. The monoisotopic (exact) mass is 205 g/mol. The lowest BCUT2D eigenvalue weighted by Gasteiger charge is -2.25. The van der Waals surface area contributed by atoms with E-state index in [9.17, 15) is 0 Å². The molecule has 3 nitrogen and oxygen atoms in total. The zero-order valence-electron chi connectivity index (χ0n) is 9.53. The Hall–Kier alpha value is -1.25. The number of aryl methyl sites for hydroxylation is 1. The van der Waals surface area contributed by atoms with Crippen LogP contribution in [-0.4, -0.2) is 18.1 Å². The molecule has 0 bridgehead atoms. The summed E-state index contributed by atoms with van der Waals surface area (Å²) < 4.78 is 0. The summed E-state index contributed by atoms with van der Waals surface area (Å²) in [5, 5.41) is 0. The molecule has 15 heavy (non-hydrogen) atoms. The third kappa shape index (κ3) is 2.06. The van der Waals surface area contributed by atoms with Gasteiger partial charge >= 0.3 is 0 Å². The van der Waals surface area contributed by atoms with Gasteiger partial charge in [-0.3, -0.25) is 0 Å². The van der Waals surface area contributed by atoms with Crippen LogP contribution < -0.4 is 10.6 Å². The first kappa shape index (κ1) is 10.3. The van der Waals surface area contributed by atoms with Crippen molar-refractivity contribution < 1.29 is 0 Å². The third-order valence-electron chi connectivity index (χ3n) is 3.35. The van der Waals surface area contributed by atoms with Crippen molar-refractivity contribution in [1.29, 1.82) is 0 Å². The molecule has 1 fully saturated rings. The van der Waals surface area contributed by atoms with E-state index in [-0.39, 0.29) is 0 Å². The molecule has 0 unspecified atom stereocenters. The molecule has 1 saturated carbocycles. The fourth-order valence-electron chi connectivity index (χ4n) is 2.23. The van der Waals surface area contributed by atoms with Gasteiger partial charge in [-0.2, -0.15) is 0 Å². The molecular weight excluding hydrogens is 186 g/mol. The Labute approximate surface area is 91.3 Å². The van der Waals surface area contributed by atoms with E-state index < -0.39 is 0 Å². The molecule has 82 valence electrons. The summed E-state index contributed by atoms with van der Waals surface area (Å²) in [6.45, 7) is 1.96. The average Bonchev–Trinajstić information content (AvgIpc) is 2.74. The van der Waals surface area contributed by atoms with E-state index in [1.807, 2.05) is 19.1 Å². The summed E-state index contributed by atoms with van der Waals surface area (Å²) in [6, 6.07) is 4.63. The number of nitrogen functional groups attached to an aromatic ring is 1. The van der Waals surface area contributed by atoms with Crippen LogP contribution in [-0.2, 0) is 0 Å². The molecule has 0 radical (unpaired) electrons. The highest BCUT2D eigenvalue weighted by atomic mass is 15.2. The Morgan fingerprint density at radius 2 is 2.00 bits per heavy atom. The SMILES string of the molecule is Cc1nc(N(C)C2CCCC2)ccc1N. The van der Waals surface area contributed by atoms with Crippen LogP contribution in [0.1, 0.15) is 31.4 Å². The Morgan fingerprint density at radius 1 is 1.33 bits per heavy atom. The van der Waals surface area contributed by atoms with Crippen molar-refractivity contribution in [3.63, 3.8) is 0 Å².